The zero-order valence-corrected chi connectivity index (χ0v) is 16.9. The molecule has 0 bridgehead atoms. The van der Waals surface area contributed by atoms with Crippen molar-refractivity contribution in [1.29, 1.82) is 0 Å². The van der Waals surface area contributed by atoms with Crippen molar-refractivity contribution >= 4 is 21.6 Å². The van der Waals surface area contributed by atoms with Crippen molar-refractivity contribution < 1.29 is 17.6 Å². The highest BCUT2D eigenvalue weighted by molar-refractivity contribution is 7.89. The van der Waals surface area contributed by atoms with Crippen LogP contribution in [0.15, 0.2) is 59.5 Å². The van der Waals surface area contributed by atoms with E-state index in [9.17, 15) is 17.6 Å². The molecule has 0 aromatic heterocycles. The number of benzene rings is 2. The third kappa shape index (κ3) is 3.86. The molecule has 2 aromatic carbocycles. The lowest BCUT2D eigenvalue weighted by Crippen LogP contribution is -2.54. The molecule has 2 heterocycles. The average molecular weight is 418 g/mol. The first-order valence-corrected chi connectivity index (χ1v) is 11.3. The van der Waals surface area contributed by atoms with Gasteiger partial charge in [0.25, 0.3) is 0 Å². The Morgan fingerprint density at radius 3 is 2.24 bits per heavy atom. The Kier molecular flexibility index (Phi) is 5.56. The number of nitrogens with zero attached hydrogens (tertiary/aromatic N) is 3. The Morgan fingerprint density at radius 1 is 0.897 bits per heavy atom. The second-order valence-corrected chi connectivity index (χ2v) is 9.21. The molecule has 8 heteroatoms. The standard InChI is InChI=1S/C21H24FN3O3S/c22-18-9-4-5-11-20(18)29(27,28)25-12-6-10-19(25)21(26)24-15-13-23(14-16-24)17-7-2-1-3-8-17/h1-5,7-9,11,19H,6,10,12-16H2. The molecular formula is C21H24FN3O3S. The second-order valence-electron chi connectivity index (χ2n) is 7.35. The minimum atomic E-state index is -4.06. The van der Waals surface area contributed by atoms with Gasteiger partial charge >= 0.3 is 0 Å². The number of piperazine rings is 1. The summed E-state index contributed by atoms with van der Waals surface area (Å²) in [6.07, 6.45) is 1.06. The van der Waals surface area contributed by atoms with Gasteiger partial charge in [0.05, 0.1) is 0 Å². The maximum absolute atomic E-state index is 14.1. The van der Waals surface area contributed by atoms with Crippen molar-refractivity contribution in [2.45, 2.75) is 23.8 Å². The third-order valence-electron chi connectivity index (χ3n) is 5.62. The van der Waals surface area contributed by atoms with Crippen LogP contribution >= 0.6 is 0 Å². The minimum absolute atomic E-state index is 0.185. The van der Waals surface area contributed by atoms with E-state index >= 15 is 0 Å². The van der Waals surface area contributed by atoms with Crippen LogP contribution in [0.1, 0.15) is 12.8 Å². The molecule has 0 aliphatic carbocycles. The third-order valence-corrected chi connectivity index (χ3v) is 7.57. The highest BCUT2D eigenvalue weighted by Crippen LogP contribution is 2.29. The molecule has 0 N–H and O–H groups in total. The smallest absolute Gasteiger partial charge is 0.246 e. The quantitative estimate of drug-likeness (QED) is 0.766. The molecule has 0 spiro atoms. The van der Waals surface area contributed by atoms with Gasteiger partial charge in [-0.1, -0.05) is 30.3 Å². The van der Waals surface area contributed by atoms with Crippen LogP contribution in [0.2, 0.25) is 0 Å². The molecule has 2 aromatic rings. The van der Waals surface area contributed by atoms with Crippen molar-refractivity contribution in [2.75, 3.05) is 37.6 Å². The van der Waals surface area contributed by atoms with E-state index in [0.717, 1.165) is 11.8 Å². The van der Waals surface area contributed by atoms with Crippen molar-refractivity contribution in [2.24, 2.45) is 0 Å². The van der Waals surface area contributed by atoms with E-state index < -0.39 is 21.9 Å². The number of amides is 1. The van der Waals surface area contributed by atoms with E-state index in [0.29, 0.717) is 39.0 Å². The molecule has 1 unspecified atom stereocenters. The molecule has 2 saturated heterocycles. The topological polar surface area (TPSA) is 60.9 Å². The first-order valence-electron chi connectivity index (χ1n) is 9.83. The lowest BCUT2D eigenvalue weighted by molar-refractivity contribution is -0.134. The van der Waals surface area contributed by atoms with Crippen molar-refractivity contribution in [1.82, 2.24) is 9.21 Å². The summed E-state index contributed by atoms with van der Waals surface area (Å²) in [5, 5.41) is 0. The number of sulfonamides is 1. The van der Waals surface area contributed by atoms with E-state index in [1.165, 1.54) is 22.5 Å². The van der Waals surface area contributed by atoms with Crippen LogP contribution in [0, 0.1) is 5.82 Å². The Hall–Kier alpha value is -2.45. The summed E-state index contributed by atoms with van der Waals surface area (Å²) < 4.78 is 41.3. The molecule has 0 radical (unpaired) electrons. The normalized spacial score (nSPS) is 20.8. The van der Waals surface area contributed by atoms with E-state index in [1.54, 1.807) is 4.90 Å². The van der Waals surface area contributed by atoms with E-state index in [4.69, 9.17) is 0 Å². The number of rotatable bonds is 4. The SMILES string of the molecule is O=C(C1CCCN1S(=O)(=O)c1ccccc1F)N1CCN(c2ccccc2)CC1. The van der Waals surface area contributed by atoms with E-state index in [2.05, 4.69) is 4.90 Å². The van der Waals surface area contributed by atoms with Crippen LogP contribution in [0.4, 0.5) is 10.1 Å². The zero-order valence-electron chi connectivity index (χ0n) is 16.1. The molecular weight excluding hydrogens is 393 g/mol. The van der Waals surface area contributed by atoms with Gasteiger partial charge in [-0.05, 0) is 37.1 Å². The summed E-state index contributed by atoms with van der Waals surface area (Å²) >= 11 is 0. The van der Waals surface area contributed by atoms with E-state index in [1.807, 2.05) is 30.3 Å². The van der Waals surface area contributed by atoms with Gasteiger partial charge in [0.15, 0.2) is 0 Å². The van der Waals surface area contributed by atoms with E-state index in [-0.39, 0.29) is 17.3 Å². The maximum Gasteiger partial charge on any atom is 0.246 e. The summed E-state index contributed by atoms with van der Waals surface area (Å²) in [5.41, 5.74) is 1.12. The van der Waals surface area contributed by atoms with Gasteiger partial charge in [-0.15, -0.1) is 0 Å². The van der Waals surface area contributed by atoms with Gasteiger partial charge in [0, 0.05) is 38.4 Å². The van der Waals surface area contributed by atoms with Crippen LogP contribution in [-0.4, -0.2) is 62.3 Å². The Labute approximate surface area is 170 Å². The van der Waals surface area contributed by atoms with Crippen LogP contribution < -0.4 is 4.90 Å². The monoisotopic (exact) mass is 417 g/mol. The first kappa shape index (κ1) is 19.8. The molecule has 6 nitrogen and oxygen atoms in total. The average Bonchev–Trinajstić information content (AvgIpc) is 3.25. The highest BCUT2D eigenvalue weighted by atomic mass is 32.2. The van der Waals surface area contributed by atoms with Crippen LogP contribution in [0.25, 0.3) is 0 Å². The molecule has 2 fully saturated rings. The lowest BCUT2D eigenvalue weighted by atomic mass is 10.1. The van der Waals surface area contributed by atoms with Gasteiger partial charge < -0.3 is 9.80 Å². The zero-order chi connectivity index (χ0) is 20.4. The minimum Gasteiger partial charge on any atom is -0.368 e. The van der Waals surface area contributed by atoms with Gasteiger partial charge in [-0.3, -0.25) is 4.79 Å². The fraction of sp³-hybridized carbons (Fsp3) is 0.381. The number of para-hydroxylation sites is 1. The van der Waals surface area contributed by atoms with Crippen LogP contribution in [-0.2, 0) is 14.8 Å². The van der Waals surface area contributed by atoms with Crippen molar-refractivity contribution in [3.05, 3.63) is 60.4 Å². The maximum atomic E-state index is 14.1. The summed E-state index contributed by atoms with van der Waals surface area (Å²) in [4.78, 5) is 16.7. The molecule has 0 saturated carbocycles. The van der Waals surface area contributed by atoms with Gasteiger partial charge in [0.2, 0.25) is 15.9 Å². The summed E-state index contributed by atoms with van der Waals surface area (Å²) in [5.74, 6) is -0.975. The van der Waals surface area contributed by atoms with Gasteiger partial charge in [-0.2, -0.15) is 4.31 Å². The second kappa shape index (κ2) is 8.12. The Balaban J connectivity index is 1.47. The Morgan fingerprint density at radius 2 is 1.55 bits per heavy atom. The number of hydrogen-bond donors (Lipinski definition) is 0. The molecule has 1 amide bonds. The lowest BCUT2D eigenvalue weighted by Gasteiger charge is -2.38. The number of halogens is 1. The Bertz CT molecular complexity index is 976. The van der Waals surface area contributed by atoms with Gasteiger partial charge in [-0.25, -0.2) is 12.8 Å². The summed E-state index contributed by atoms with van der Waals surface area (Å²) in [6.45, 7) is 2.71. The number of carbonyl (C=O) groups is 1. The van der Waals surface area contributed by atoms with Gasteiger partial charge in [0.1, 0.15) is 16.8 Å². The number of carbonyl (C=O) groups excluding carboxylic acids is 1. The van der Waals surface area contributed by atoms with Crippen molar-refractivity contribution in [3.63, 3.8) is 0 Å². The molecule has 154 valence electrons. The fourth-order valence-electron chi connectivity index (χ4n) is 4.09. The molecule has 2 aliphatic rings. The molecule has 29 heavy (non-hydrogen) atoms. The van der Waals surface area contributed by atoms with Crippen LogP contribution in [0.5, 0.6) is 0 Å². The summed E-state index contributed by atoms with van der Waals surface area (Å²) in [7, 11) is -4.06. The molecule has 1 atom stereocenters. The molecule has 2 aliphatic heterocycles. The first-order chi connectivity index (χ1) is 14.0. The highest BCUT2D eigenvalue weighted by Gasteiger charge is 2.42. The predicted molar refractivity (Wildman–Crippen MR) is 109 cm³/mol. The number of anilines is 1. The largest absolute Gasteiger partial charge is 0.368 e. The summed E-state index contributed by atoms with van der Waals surface area (Å²) in [6, 6.07) is 14.6. The predicted octanol–water partition coefficient (Wildman–Crippen LogP) is 2.33. The van der Waals surface area contributed by atoms with Crippen LogP contribution in [0.3, 0.4) is 0 Å². The van der Waals surface area contributed by atoms with Crippen molar-refractivity contribution in [3.8, 4) is 0 Å². The molecule has 4 rings (SSSR count). The number of hydrogen-bond acceptors (Lipinski definition) is 4. The fourth-order valence-corrected chi connectivity index (χ4v) is 5.81.